The molecule has 2 rings (SSSR count). The van der Waals surface area contributed by atoms with Gasteiger partial charge in [-0.25, -0.2) is 0 Å². The second-order valence-corrected chi connectivity index (χ2v) is 6.42. The molecule has 2 aliphatic carbocycles. The molecule has 2 saturated carbocycles. The van der Waals surface area contributed by atoms with Crippen molar-refractivity contribution < 1.29 is 0 Å². The van der Waals surface area contributed by atoms with Crippen LogP contribution in [0.25, 0.3) is 0 Å². The normalized spacial score (nSPS) is 34.4. The van der Waals surface area contributed by atoms with Gasteiger partial charge >= 0.3 is 0 Å². The van der Waals surface area contributed by atoms with Crippen molar-refractivity contribution in [3.05, 3.63) is 0 Å². The van der Waals surface area contributed by atoms with Gasteiger partial charge in [-0.05, 0) is 24.7 Å². The average molecular weight is 237 g/mol. The fourth-order valence-corrected chi connectivity index (χ4v) is 4.04. The molecule has 2 fully saturated rings. The fourth-order valence-electron chi connectivity index (χ4n) is 4.04. The zero-order chi connectivity index (χ0) is 11.9. The SMILES string of the molecule is NC1CCCCCCC1C1CCCCCCC1. The predicted molar refractivity (Wildman–Crippen MR) is 75.0 cm³/mol. The summed E-state index contributed by atoms with van der Waals surface area (Å²) in [4.78, 5) is 0. The molecule has 0 spiro atoms. The van der Waals surface area contributed by atoms with Crippen LogP contribution in [0, 0.1) is 11.8 Å². The summed E-state index contributed by atoms with van der Waals surface area (Å²) in [7, 11) is 0. The van der Waals surface area contributed by atoms with Gasteiger partial charge in [0.1, 0.15) is 0 Å². The molecule has 1 nitrogen and oxygen atoms in total. The lowest BCUT2D eigenvalue weighted by Gasteiger charge is -2.34. The van der Waals surface area contributed by atoms with E-state index in [1.165, 1.54) is 83.5 Å². The van der Waals surface area contributed by atoms with Crippen LogP contribution in [0.2, 0.25) is 0 Å². The second-order valence-electron chi connectivity index (χ2n) is 6.42. The Morgan fingerprint density at radius 2 is 1.00 bits per heavy atom. The lowest BCUT2D eigenvalue weighted by Crippen LogP contribution is -2.36. The molecule has 2 unspecified atom stereocenters. The van der Waals surface area contributed by atoms with Gasteiger partial charge in [0.25, 0.3) is 0 Å². The Hall–Kier alpha value is -0.0400. The van der Waals surface area contributed by atoms with Crippen molar-refractivity contribution in [2.75, 3.05) is 0 Å². The summed E-state index contributed by atoms with van der Waals surface area (Å²) < 4.78 is 0. The molecule has 0 aliphatic heterocycles. The van der Waals surface area contributed by atoms with Crippen LogP contribution < -0.4 is 5.73 Å². The summed E-state index contributed by atoms with van der Waals surface area (Å²) >= 11 is 0. The highest BCUT2D eigenvalue weighted by molar-refractivity contribution is 4.82. The molecular formula is C16H31N. The van der Waals surface area contributed by atoms with E-state index < -0.39 is 0 Å². The van der Waals surface area contributed by atoms with Gasteiger partial charge in [-0.3, -0.25) is 0 Å². The predicted octanol–water partition coefficient (Wildman–Crippen LogP) is 4.64. The molecule has 0 heterocycles. The third kappa shape index (κ3) is 4.28. The summed E-state index contributed by atoms with van der Waals surface area (Å²) in [5, 5.41) is 0. The topological polar surface area (TPSA) is 26.0 Å². The molecular weight excluding hydrogens is 206 g/mol. The highest BCUT2D eigenvalue weighted by Gasteiger charge is 2.27. The minimum Gasteiger partial charge on any atom is -0.327 e. The number of hydrogen-bond donors (Lipinski definition) is 1. The minimum absolute atomic E-state index is 0.514. The molecule has 0 saturated heterocycles. The maximum absolute atomic E-state index is 6.47. The van der Waals surface area contributed by atoms with E-state index in [4.69, 9.17) is 5.73 Å². The molecule has 1 heteroatoms. The van der Waals surface area contributed by atoms with Crippen LogP contribution in [0.5, 0.6) is 0 Å². The Labute approximate surface area is 108 Å². The quantitative estimate of drug-likeness (QED) is 0.706. The third-order valence-corrected chi connectivity index (χ3v) is 5.13. The van der Waals surface area contributed by atoms with E-state index in [-0.39, 0.29) is 0 Å². The van der Waals surface area contributed by atoms with Gasteiger partial charge in [-0.2, -0.15) is 0 Å². The van der Waals surface area contributed by atoms with E-state index in [0.717, 1.165) is 11.8 Å². The molecule has 2 atom stereocenters. The summed E-state index contributed by atoms with van der Waals surface area (Å²) in [5.41, 5.74) is 6.47. The fraction of sp³-hybridized carbons (Fsp3) is 1.00. The highest BCUT2D eigenvalue weighted by Crippen LogP contribution is 2.35. The monoisotopic (exact) mass is 237 g/mol. The summed E-state index contributed by atoms with van der Waals surface area (Å²) in [6, 6.07) is 0.514. The van der Waals surface area contributed by atoms with Crippen molar-refractivity contribution in [3.8, 4) is 0 Å². The molecule has 0 radical (unpaired) electrons. The van der Waals surface area contributed by atoms with Crippen molar-refractivity contribution in [1.82, 2.24) is 0 Å². The summed E-state index contributed by atoms with van der Waals surface area (Å²) in [6.07, 6.45) is 18.7. The van der Waals surface area contributed by atoms with Gasteiger partial charge in [-0.1, -0.05) is 70.6 Å². The number of rotatable bonds is 1. The maximum Gasteiger partial charge on any atom is 0.00698 e. The van der Waals surface area contributed by atoms with Crippen molar-refractivity contribution in [3.63, 3.8) is 0 Å². The summed E-state index contributed by atoms with van der Waals surface area (Å²) in [5.74, 6) is 1.82. The summed E-state index contributed by atoms with van der Waals surface area (Å²) in [6.45, 7) is 0. The number of nitrogens with two attached hydrogens (primary N) is 1. The molecule has 0 bridgehead atoms. The van der Waals surface area contributed by atoms with Crippen LogP contribution in [0.15, 0.2) is 0 Å². The van der Waals surface area contributed by atoms with Gasteiger partial charge < -0.3 is 5.73 Å². The first kappa shape index (κ1) is 13.4. The first-order valence-corrected chi connectivity index (χ1v) is 8.13. The van der Waals surface area contributed by atoms with Gasteiger partial charge in [0.2, 0.25) is 0 Å². The molecule has 0 amide bonds. The first-order valence-electron chi connectivity index (χ1n) is 8.13. The molecule has 100 valence electrons. The number of hydrogen-bond acceptors (Lipinski definition) is 1. The lowest BCUT2D eigenvalue weighted by atomic mass is 9.74. The van der Waals surface area contributed by atoms with Crippen molar-refractivity contribution in [1.29, 1.82) is 0 Å². The molecule has 17 heavy (non-hydrogen) atoms. The Morgan fingerprint density at radius 1 is 0.529 bits per heavy atom. The van der Waals surface area contributed by atoms with Crippen molar-refractivity contribution in [2.24, 2.45) is 17.6 Å². The molecule has 2 aliphatic rings. The van der Waals surface area contributed by atoms with Gasteiger partial charge in [0.05, 0.1) is 0 Å². The Bertz CT molecular complexity index is 194. The maximum atomic E-state index is 6.47. The average Bonchev–Trinajstić information content (AvgIpc) is 2.26. The van der Waals surface area contributed by atoms with E-state index in [9.17, 15) is 0 Å². The largest absolute Gasteiger partial charge is 0.327 e. The second kappa shape index (κ2) is 7.41. The van der Waals surface area contributed by atoms with E-state index in [1.54, 1.807) is 0 Å². The van der Waals surface area contributed by atoms with E-state index in [2.05, 4.69) is 0 Å². The Morgan fingerprint density at radius 3 is 1.65 bits per heavy atom. The first-order chi connectivity index (χ1) is 8.38. The van der Waals surface area contributed by atoms with Gasteiger partial charge in [-0.15, -0.1) is 0 Å². The zero-order valence-corrected chi connectivity index (χ0v) is 11.5. The van der Waals surface area contributed by atoms with Crippen LogP contribution in [-0.2, 0) is 0 Å². The molecule has 0 aromatic heterocycles. The van der Waals surface area contributed by atoms with Crippen molar-refractivity contribution >= 4 is 0 Å². The molecule has 0 aromatic rings. The minimum atomic E-state index is 0.514. The lowest BCUT2D eigenvalue weighted by molar-refractivity contribution is 0.196. The van der Waals surface area contributed by atoms with Crippen LogP contribution in [0.3, 0.4) is 0 Å². The van der Waals surface area contributed by atoms with E-state index in [1.807, 2.05) is 0 Å². The van der Waals surface area contributed by atoms with E-state index in [0.29, 0.717) is 6.04 Å². The highest BCUT2D eigenvalue weighted by atomic mass is 14.7. The zero-order valence-electron chi connectivity index (χ0n) is 11.5. The van der Waals surface area contributed by atoms with Gasteiger partial charge in [0.15, 0.2) is 0 Å². The molecule has 2 N–H and O–H groups in total. The Balaban J connectivity index is 1.90. The van der Waals surface area contributed by atoms with Crippen LogP contribution in [0.4, 0.5) is 0 Å². The van der Waals surface area contributed by atoms with E-state index >= 15 is 0 Å². The standard InChI is InChI=1S/C16H31N/c17-16-13-9-5-4-8-12-15(16)14-10-6-2-1-3-7-11-14/h14-16H,1-13,17H2. The van der Waals surface area contributed by atoms with Crippen molar-refractivity contribution in [2.45, 2.75) is 89.5 Å². The van der Waals surface area contributed by atoms with Crippen LogP contribution >= 0.6 is 0 Å². The van der Waals surface area contributed by atoms with Gasteiger partial charge in [0, 0.05) is 6.04 Å². The third-order valence-electron chi connectivity index (χ3n) is 5.13. The Kier molecular flexibility index (Phi) is 5.84. The van der Waals surface area contributed by atoms with Crippen LogP contribution in [-0.4, -0.2) is 6.04 Å². The van der Waals surface area contributed by atoms with Crippen LogP contribution in [0.1, 0.15) is 83.5 Å². The molecule has 0 aromatic carbocycles. The smallest absolute Gasteiger partial charge is 0.00698 e.